The number of nitrogens with zero attached hydrogens (tertiary/aromatic N) is 1. The minimum Gasteiger partial charge on any atom is -0.395 e. The molecule has 1 heterocycles. The van der Waals surface area contributed by atoms with Gasteiger partial charge in [0.2, 0.25) is 0 Å². The van der Waals surface area contributed by atoms with Crippen LogP contribution in [0.15, 0.2) is 30.9 Å². The van der Waals surface area contributed by atoms with Gasteiger partial charge in [0.1, 0.15) is 0 Å². The summed E-state index contributed by atoms with van der Waals surface area (Å²) in [5.74, 6) is -0.228. The predicted octanol–water partition coefficient (Wildman–Crippen LogP) is 3.32. The van der Waals surface area contributed by atoms with Gasteiger partial charge < -0.3 is 10.2 Å². The first-order valence-corrected chi connectivity index (χ1v) is 9.47. The number of hydrogen-bond donors (Lipinski definition) is 2. The van der Waals surface area contributed by atoms with Gasteiger partial charge in [-0.1, -0.05) is 31.7 Å². The summed E-state index contributed by atoms with van der Waals surface area (Å²) in [5.41, 5.74) is 2.09. The first-order chi connectivity index (χ1) is 12.1. The van der Waals surface area contributed by atoms with Crippen molar-refractivity contribution in [2.24, 2.45) is 0 Å². The van der Waals surface area contributed by atoms with Gasteiger partial charge in [-0.15, -0.1) is 0 Å². The molecule has 0 amide bonds. The molecule has 0 aliphatic carbocycles. The van der Waals surface area contributed by atoms with E-state index in [0.29, 0.717) is 24.9 Å². The van der Waals surface area contributed by atoms with Crippen LogP contribution >= 0.6 is 0 Å². The Morgan fingerprint density at radius 1 is 1.35 bits per heavy atom. The molecular weight excluding hydrogens is 326 g/mol. The zero-order valence-electron chi connectivity index (χ0n) is 16.7. The number of ketones is 1. The third kappa shape index (κ3) is 3.51. The Labute approximate surface area is 157 Å². The number of hydrogen-bond acceptors (Lipinski definition) is 4. The Balaban J connectivity index is 2.63. The van der Waals surface area contributed by atoms with E-state index >= 15 is 0 Å². The molecular formula is C22H33NO3. The SMILES string of the molecule is C=CC(=O)c1cccc(C2C(O)CC(C)(C)N(CCO)C2(C)C)c1CC. The summed E-state index contributed by atoms with van der Waals surface area (Å²) in [4.78, 5) is 14.6. The van der Waals surface area contributed by atoms with Crippen LogP contribution in [0.4, 0.5) is 0 Å². The largest absolute Gasteiger partial charge is 0.395 e. The van der Waals surface area contributed by atoms with Gasteiger partial charge in [0.05, 0.1) is 12.7 Å². The van der Waals surface area contributed by atoms with Crippen molar-refractivity contribution >= 4 is 5.78 Å². The van der Waals surface area contributed by atoms with Crippen LogP contribution in [-0.4, -0.2) is 51.2 Å². The van der Waals surface area contributed by atoms with Gasteiger partial charge in [-0.2, -0.15) is 0 Å². The number of likely N-dealkylation sites (tertiary alicyclic amines) is 1. The maximum absolute atomic E-state index is 12.3. The molecule has 2 unspecified atom stereocenters. The number of β-amino-alcohol motifs (C(OH)–C–C–N with tert-alkyl or cyclic N) is 1. The van der Waals surface area contributed by atoms with E-state index in [-0.39, 0.29) is 29.4 Å². The van der Waals surface area contributed by atoms with Gasteiger partial charge in [-0.25, -0.2) is 0 Å². The van der Waals surface area contributed by atoms with E-state index in [0.717, 1.165) is 11.1 Å². The maximum atomic E-state index is 12.3. The summed E-state index contributed by atoms with van der Waals surface area (Å²) >= 11 is 0. The Morgan fingerprint density at radius 2 is 2.00 bits per heavy atom. The van der Waals surface area contributed by atoms with Gasteiger partial charge in [0.15, 0.2) is 5.78 Å². The van der Waals surface area contributed by atoms with Crippen molar-refractivity contribution in [3.8, 4) is 0 Å². The summed E-state index contributed by atoms with van der Waals surface area (Å²) < 4.78 is 0. The average molecular weight is 360 g/mol. The molecule has 0 saturated carbocycles. The van der Waals surface area contributed by atoms with Crippen molar-refractivity contribution in [3.05, 3.63) is 47.5 Å². The first-order valence-electron chi connectivity index (χ1n) is 9.47. The molecule has 144 valence electrons. The van der Waals surface area contributed by atoms with Crippen LogP contribution in [0.2, 0.25) is 0 Å². The Kier molecular flexibility index (Phi) is 6.11. The van der Waals surface area contributed by atoms with E-state index in [2.05, 4.69) is 39.2 Å². The Hall–Kier alpha value is -1.49. The minimum absolute atomic E-state index is 0.0747. The summed E-state index contributed by atoms with van der Waals surface area (Å²) in [6, 6.07) is 5.76. The lowest BCUT2D eigenvalue weighted by Crippen LogP contribution is -2.66. The molecule has 4 heteroatoms. The van der Waals surface area contributed by atoms with Gasteiger partial charge in [0, 0.05) is 29.1 Å². The van der Waals surface area contributed by atoms with Crippen LogP contribution < -0.4 is 0 Å². The molecule has 1 aliphatic rings. The normalized spacial score (nSPS) is 25.0. The second kappa shape index (κ2) is 7.63. The molecule has 2 rings (SSSR count). The topological polar surface area (TPSA) is 60.8 Å². The van der Waals surface area contributed by atoms with Crippen LogP contribution in [0.25, 0.3) is 0 Å². The molecule has 0 spiro atoms. The molecule has 1 aliphatic heterocycles. The summed E-state index contributed by atoms with van der Waals surface area (Å²) in [5, 5.41) is 20.7. The fourth-order valence-electron chi connectivity index (χ4n) is 5.07. The molecule has 4 nitrogen and oxygen atoms in total. The zero-order valence-corrected chi connectivity index (χ0v) is 16.7. The van der Waals surface area contributed by atoms with Crippen molar-refractivity contribution in [1.29, 1.82) is 0 Å². The fraction of sp³-hybridized carbons (Fsp3) is 0.591. The van der Waals surface area contributed by atoms with E-state index in [1.54, 1.807) is 0 Å². The minimum atomic E-state index is -0.519. The molecule has 0 aromatic heterocycles. The van der Waals surface area contributed by atoms with Crippen LogP contribution in [-0.2, 0) is 6.42 Å². The van der Waals surface area contributed by atoms with Crippen molar-refractivity contribution in [3.63, 3.8) is 0 Å². The lowest BCUT2D eigenvalue weighted by molar-refractivity contribution is -0.103. The standard InChI is InChI=1S/C22H33NO3/c1-7-15-16(18(25)8-2)10-9-11-17(15)20-19(26)14-21(3,4)23(12-13-24)22(20,5)6/h8-11,19-20,24,26H,2,7,12-14H2,1,3-6H3. The fourth-order valence-corrected chi connectivity index (χ4v) is 5.07. The average Bonchev–Trinajstić information content (AvgIpc) is 2.56. The first kappa shape index (κ1) is 20.8. The van der Waals surface area contributed by atoms with Crippen molar-refractivity contribution in [1.82, 2.24) is 4.90 Å². The molecule has 0 bridgehead atoms. The molecule has 1 aromatic carbocycles. The smallest absolute Gasteiger partial charge is 0.185 e. The third-order valence-corrected chi connectivity index (χ3v) is 5.96. The number of allylic oxidation sites excluding steroid dienone is 1. The highest BCUT2D eigenvalue weighted by Gasteiger charge is 2.51. The number of aliphatic hydroxyl groups is 2. The summed E-state index contributed by atoms with van der Waals surface area (Å²) in [7, 11) is 0. The second-order valence-electron chi connectivity index (χ2n) is 8.39. The summed E-state index contributed by atoms with van der Waals surface area (Å²) in [6.45, 7) is 14.8. The summed E-state index contributed by atoms with van der Waals surface area (Å²) in [6.07, 6.45) is 2.16. The molecule has 1 saturated heterocycles. The lowest BCUT2D eigenvalue weighted by Gasteiger charge is -2.58. The quantitative estimate of drug-likeness (QED) is 0.604. The number of rotatable bonds is 6. The monoisotopic (exact) mass is 359 g/mol. The molecule has 1 fully saturated rings. The number of carbonyl (C=O) groups excluding carboxylic acids is 1. The van der Waals surface area contributed by atoms with E-state index < -0.39 is 6.10 Å². The highest BCUT2D eigenvalue weighted by Crippen LogP contribution is 2.48. The second-order valence-corrected chi connectivity index (χ2v) is 8.39. The van der Waals surface area contributed by atoms with Crippen LogP contribution in [0.3, 0.4) is 0 Å². The molecule has 2 atom stereocenters. The highest BCUT2D eigenvalue weighted by molar-refractivity contribution is 6.05. The van der Waals surface area contributed by atoms with E-state index in [1.165, 1.54) is 6.08 Å². The van der Waals surface area contributed by atoms with Crippen LogP contribution in [0.5, 0.6) is 0 Å². The molecule has 2 N–H and O–H groups in total. The van der Waals surface area contributed by atoms with Gasteiger partial charge >= 0.3 is 0 Å². The number of piperidine rings is 1. The van der Waals surface area contributed by atoms with Gasteiger partial charge in [-0.05, 0) is 57.7 Å². The predicted molar refractivity (Wildman–Crippen MR) is 106 cm³/mol. The lowest BCUT2D eigenvalue weighted by atomic mass is 9.66. The Bertz CT molecular complexity index is 678. The number of carbonyl (C=O) groups is 1. The van der Waals surface area contributed by atoms with Crippen LogP contribution in [0.1, 0.15) is 68.4 Å². The van der Waals surface area contributed by atoms with E-state index in [1.807, 2.05) is 25.1 Å². The molecule has 1 aromatic rings. The van der Waals surface area contributed by atoms with Crippen molar-refractivity contribution < 1.29 is 15.0 Å². The highest BCUT2D eigenvalue weighted by atomic mass is 16.3. The Morgan fingerprint density at radius 3 is 2.54 bits per heavy atom. The molecule has 26 heavy (non-hydrogen) atoms. The van der Waals surface area contributed by atoms with E-state index in [4.69, 9.17) is 0 Å². The zero-order chi connectivity index (χ0) is 19.7. The third-order valence-electron chi connectivity index (χ3n) is 5.96. The van der Waals surface area contributed by atoms with Gasteiger partial charge in [-0.3, -0.25) is 9.69 Å². The van der Waals surface area contributed by atoms with E-state index in [9.17, 15) is 15.0 Å². The van der Waals surface area contributed by atoms with Gasteiger partial charge in [0.25, 0.3) is 0 Å². The number of aliphatic hydroxyl groups excluding tert-OH is 2. The number of benzene rings is 1. The van der Waals surface area contributed by atoms with Crippen LogP contribution in [0, 0.1) is 0 Å². The maximum Gasteiger partial charge on any atom is 0.185 e. The molecule has 0 radical (unpaired) electrons. The van der Waals surface area contributed by atoms with Crippen molar-refractivity contribution in [2.75, 3.05) is 13.2 Å². The van der Waals surface area contributed by atoms with Crippen molar-refractivity contribution in [2.45, 2.75) is 70.6 Å².